The van der Waals surface area contributed by atoms with E-state index in [9.17, 15) is 4.79 Å². The van der Waals surface area contributed by atoms with E-state index in [-0.39, 0.29) is 0 Å². The standard InChI is InChI=1S/C6H9N3O2S/c1-3-11-6(10)8-5-9(2)4-7-12-5/h4H,3H2,1-2H3. The van der Waals surface area contributed by atoms with Gasteiger partial charge in [0.25, 0.3) is 0 Å². The molecule has 0 saturated carbocycles. The second-order valence-corrected chi connectivity index (χ2v) is 2.77. The summed E-state index contributed by atoms with van der Waals surface area (Å²) in [6, 6.07) is 0. The lowest BCUT2D eigenvalue weighted by atomic mass is 10.9. The van der Waals surface area contributed by atoms with E-state index in [4.69, 9.17) is 0 Å². The number of hydrogen-bond acceptors (Lipinski definition) is 4. The van der Waals surface area contributed by atoms with Crippen molar-refractivity contribution in [2.24, 2.45) is 12.0 Å². The van der Waals surface area contributed by atoms with E-state index in [2.05, 4.69) is 14.1 Å². The van der Waals surface area contributed by atoms with Gasteiger partial charge in [-0.05, 0) is 6.92 Å². The topological polar surface area (TPSA) is 56.5 Å². The number of carbonyl (C=O) groups is 1. The maximum Gasteiger partial charge on any atom is 0.436 e. The van der Waals surface area contributed by atoms with Crippen LogP contribution >= 0.6 is 11.5 Å². The minimum Gasteiger partial charge on any atom is -0.448 e. The Labute approximate surface area is 73.5 Å². The molecule has 1 heterocycles. The molecule has 0 aliphatic carbocycles. The summed E-state index contributed by atoms with van der Waals surface area (Å²) in [4.78, 5) is 15.0. The summed E-state index contributed by atoms with van der Waals surface area (Å²) in [5.74, 6) is 0. The molecule has 1 rings (SSSR count). The highest BCUT2D eigenvalue weighted by Crippen LogP contribution is 1.84. The Morgan fingerprint density at radius 3 is 3.17 bits per heavy atom. The second-order valence-electron chi connectivity index (χ2n) is 2.02. The summed E-state index contributed by atoms with van der Waals surface area (Å²) < 4.78 is 10.1. The van der Waals surface area contributed by atoms with Crippen molar-refractivity contribution in [2.45, 2.75) is 6.92 Å². The van der Waals surface area contributed by atoms with Gasteiger partial charge in [-0.25, -0.2) is 4.79 Å². The highest BCUT2D eigenvalue weighted by molar-refractivity contribution is 7.02. The molecule has 66 valence electrons. The quantitative estimate of drug-likeness (QED) is 0.644. The van der Waals surface area contributed by atoms with Crippen molar-refractivity contribution in [3.63, 3.8) is 0 Å². The average molecular weight is 187 g/mol. The van der Waals surface area contributed by atoms with Gasteiger partial charge in [-0.3, -0.25) is 0 Å². The van der Waals surface area contributed by atoms with Gasteiger partial charge in [-0.2, -0.15) is 4.37 Å². The minimum absolute atomic E-state index is 0.338. The maximum atomic E-state index is 10.8. The Hall–Kier alpha value is -1.17. The van der Waals surface area contributed by atoms with E-state index in [1.54, 1.807) is 24.9 Å². The van der Waals surface area contributed by atoms with Crippen LogP contribution in [0.1, 0.15) is 6.92 Å². The molecule has 0 atom stereocenters. The summed E-state index contributed by atoms with van der Waals surface area (Å²) >= 11 is 1.15. The summed E-state index contributed by atoms with van der Waals surface area (Å²) in [5, 5.41) is 0. The number of rotatable bonds is 1. The zero-order valence-corrected chi connectivity index (χ0v) is 7.67. The number of ether oxygens (including phenoxy) is 1. The maximum absolute atomic E-state index is 10.8. The Kier molecular flexibility index (Phi) is 2.98. The van der Waals surface area contributed by atoms with E-state index < -0.39 is 6.09 Å². The monoisotopic (exact) mass is 187 g/mol. The molecular formula is C6H9N3O2S. The van der Waals surface area contributed by atoms with Gasteiger partial charge < -0.3 is 9.30 Å². The number of aromatic nitrogens is 2. The molecule has 1 amide bonds. The van der Waals surface area contributed by atoms with E-state index >= 15 is 0 Å². The fourth-order valence-electron chi connectivity index (χ4n) is 0.588. The summed E-state index contributed by atoms with van der Waals surface area (Å²) in [7, 11) is 1.77. The number of hydrogen-bond donors (Lipinski definition) is 0. The van der Waals surface area contributed by atoms with E-state index in [0.29, 0.717) is 11.4 Å². The first-order valence-electron chi connectivity index (χ1n) is 3.43. The van der Waals surface area contributed by atoms with Crippen LogP contribution in [0.15, 0.2) is 11.3 Å². The van der Waals surface area contributed by atoms with Crippen LogP contribution in [0.4, 0.5) is 4.79 Å². The van der Waals surface area contributed by atoms with Crippen LogP contribution in [0.2, 0.25) is 0 Å². The third kappa shape index (κ3) is 2.16. The van der Waals surface area contributed by atoms with Gasteiger partial charge in [0.2, 0.25) is 4.80 Å². The first-order valence-corrected chi connectivity index (χ1v) is 4.20. The van der Waals surface area contributed by atoms with Crippen molar-refractivity contribution in [3.05, 3.63) is 11.1 Å². The molecule has 6 heteroatoms. The van der Waals surface area contributed by atoms with E-state index in [1.165, 1.54) is 0 Å². The molecule has 0 saturated heterocycles. The molecular weight excluding hydrogens is 178 g/mol. The molecule has 0 spiro atoms. The lowest BCUT2D eigenvalue weighted by Crippen LogP contribution is -2.13. The van der Waals surface area contributed by atoms with Crippen LogP contribution in [0.5, 0.6) is 0 Å². The molecule has 12 heavy (non-hydrogen) atoms. The molecule has 0 N–H and O–H groups in total. The molecule has 0 bridgehead atoms. The fourth-order valence-corrected chi connectivity index (χ4v) is 1.16. The summed E-state index contributed by atoms with van der Waals surface area (Å²) in [6.07, 6.45) is 1.01. The lowest BCUT2D eigenvalue weighted by Gasteiger charge is -1.92. The minimum atomic E-state index is -0.572. The molecule has 5 nitrogen and oxygen atoms in total. The predicted octanol–water partition coefficient (Wildman–Crippen LogP) is 0.539. The van der Waals surface area contributed by atoms with Crippen molar-refractivity contribution in [1.29, 1.82) is 0 Å². The van der Waals surface area contributed by atoms with Crippen LogP contribution in [0.25, 0.3) is 0 Å². The number of aryl methyl sites for hydroxylation is 1. The smallest absolute Gasteiger partial charge is 0.436 e. The van der Waals surface area contributed by atoms with Crippen LogP contribution in [0, 0.1) is 0 Å². The van der Waals surface area contributed by atoms with Crippen LogP contribution < -0.4 is 4.80 Å². The number of amides is 1. The van der Waals surface area contributed by atoms with E-state index in [1.807, 2.05) is 0 Å². The molecule has 0 unspecified atom stereocenters. The predicted molar refractivity (Wildman–Crippen MR) is 43.7 cm³/mol. The van der Waals surface area contributed by atoms with E-state index in [0.717, 1.165) is 11.5 Å². The van der Waals surface area contributed by atoms with Crippen molar-refractivity contribution in [3.8, 4) is 0 Å². The molecule has 1 aromatic rings. The van der Waals surface area contributed by atoms with Gasteiger partial charge in [0.15, 0.2) is 0 Å². The molecule has 0 aromatic carbocycles. The third-order valence-electron chi connectivity index (χ3n) is 1.11. The number of carbonyl (C=O) groups excluding carboxylic acids is 1. The second kappa shape index (κ2) is 4.01. The molecule has 0 fully saturated rings. The average Bonchev–Trinajstić information content (AvgIpc) is 2.37. The van der Waals surface area contributed by atoms with Gasteiger partial charge in [-0.1, -0.05) is 0 Å². The zero-order valence-electron chi connectivity index (χ0n) is 6.85. The van der Waals surface area contributed by atoms with Crippen LogP contribution in [-0.2, 0) is 11.8 Å². The van der Waals surface area contributed by atoms with Crippen molar-refractivity contribution >= 4 is 17.6 Å². The van der Waals surface area contributed by atoms with Gasteiger partial charge in [-0.15, -0.1) is 4.99 Å². The van der Waals surface area contributed by atoms with Crippen molar-refractivity contribution < 1.29 is 9.53 Å². The van der Waals surface area contributed by atoms with Gasteiger partial charge in [0.1, 0.15) is 6.33 Å². The Bertz CT molecular complexity index is 328. The Morgan fingerprint density at radius 2 is 2.67 bits per heavy atom. The molecule has 0 aliphatic rings. The normalized spacial score (nSPS) is 11.7. The first kappa shape index (κ1) is 8.92. The Balaban J connectivity index is 2.83. The van der Waals surface area contributed by atoms with Gasteiger partial charge in [0.05, 0.1) is 6.61 Å². The largest absolute Gasteiger partial charge is 0.448 e. The first-order chi connectivity index (χ1) is 5.74. The number of nitrogens with zero attached hydrogens (tertiary/aromatic N) is 3. The lowest BCUT2D eigenvalue weighted by molar-refractivity contribution is 0.162. The van der Waals surface area contributed by atoms with Crippen molar-refractivity contribution in [1.82, 2.24) is 8.94 Å². The van der Waals surface area contributed by atoms with Crippen LogP contribution in [-0.4, -0.2) is 21.6 Å². The van der Waals surface area contributed by atoms with Gasteiger partial charge in [0, 0.05) is 18.6 Å². The highest BCUT2D eigenvalue weighted by Gasteiger charge is 1.97. The van der Waals surface area contributed by atoms with Crippen molar-refractivity contribution in [2.75, 3.05) is 6.61 Å². The van der Waals surface area contributed by atoms with Crippen LogP contribution in [0.3, 0.4) is 0 Å². The Morgan fingerprint density at radius 1 is 1.92 bits per heavy atom. The zero-order chi connectivity index (χ0) is 8.97. The molecule has 1 aromatic heterocycles. The SMILES string of the molecule is CCOC(=O)N=c1sncn1C. The molecule has 0 aliphatic heterocycles. The van der Waals surface area contributed by atoms with Gasteiger partial charge >= 0.3 is 6.09 Å². The highest BCUT2D eigenvalue weighted by atomic mass is 32.1. The molecule has 0 radical (unpaired) electrons. The summed E-state index contributed by atoms with van der Waals surface area (Å²) in [5.41, 5.74) is 0. The third-order valence-corrected chi connectivity index (χ3v) is 1.85. The fraction of sp³-hybridized carbons (Fsp3) is 0.500. The summed E-state index contributed by atoms with van der Waals surface area (Å²) in [6.45, 7) is 2.07.